The number of nitrogens with zero attached hydrogens (tertiary/aromatic N) is 1. The van der Waals surface area contributed by atoms with Gasteiger partial charge in [0.15, 0.2) is 0 Å². The molecule has 1 aliphatic rings. The van der Waals surface area contributed by atoms with Crippen molar-refractivity contribution >= 4 is 0 Å². The molecule has 1 heterocycles. The monoisotopic (exact) mass is 260 g/mol. The van der Waals surface area contributed by atoms with Gasteiger partial charge in [-0.2, -0.15) is 0 Å². The molecule has 0 saturated carbocycles. The zero-order valence-electron chi connectivity index (χ0n) is 12.6. The van der Waals surface area contributed by atoms with Gasteiger partial charge in [0.25, 0.3) is 0 Å². The van der Waals surface area contributed by atoms with E-state index in [1.165, 1.54) is 31.5 Å². The van der Waals surface area contributed by atoms with Crippen molar-refractivity contribution in [1.82, 2.24) is 10.2 Å². The summed E-state index contributed by atoms with van der Waals surface area (Å²) in [6.45, 7) is 10.5. The predicted octanol–water partition coefficient (Wildman–Crippen LogP) is 2.94. The van der Waals surface area contributed by atoms with Gasteiger partial charge >= 0.3 is 0 Å². The van der Waals surface area contributed by atoms with E-state index in [1.54, 1.807) is 0 Å². The van der Waals surface area contributed by atoms with Crippen LogP contribution in [0, 0.1) is 5.92 Å². The third-order valence-corrected chi connectivity index (χ3v) is 4.33. The smallest absolute Gasteiger partial charge is 0.0244 e. The lowest BCUT2D eigenvalue weighted by atomic mass is 9.97. The normalized spacial score (nSPS) is 24.8. The SMILES string of the molecule is CCC1CN(CCc2ccccc2)C(C(C)C)CN1. The quantitative estimate of drug-likeness (QED) is 0.875. The van der Waals surface area contributed by atoms with Crippen LogP contribution in [-0.2, 0) is 6.42 Å². The van der Waals surface area contributed by atoms with Crippen molar-refractivity contribution < 1.29 is 0 Å². The van der Waals surface area contributed by atoms with E-state index in [4.69, 9.17) is 0 Å². The molecule has 1 aromatic carbocycles. The minimum Gasteiger partial charge on any atom is -0.311 e. The van der Waals surface area contributed by atoms with Crippen LogP contribution in [0.15, 0.2) is 30.3 Å². The van der Waals surface area contributed by atoms with E-state index in [0.717, 1.165) is 12.5 Å². The van der Waals surface area contributed by atoms with Crippen LogP contribution in [0.2, 0.25) is 0 Å². The maximum absolute atomic E-state index is 3.69. The molecule has 2 nitrogen and oxygen atoms in total. The van der Waals surface area contributed by atoms with Gasteiger partial charge in [0, 0.05) is 31.7 Å². The number of hydrogen-bond acceptors (Lipinski definition) is 2. The molecule has 2 unspecified atom stereocenters. The zero-order chi connectivity index (χ0) is 13.7. The molecule has 0 aromatic heterocycles. The van der Waals surface area contributed by atoms with Crippen molar-refractivity contribution in [3.05, 3.63) is 35.9 Å². The Balaban J connectivity index is 1.93. The van der Waals surface area contributed by atoms with Crippen LogP contribution in [0.25, 0.3) is 0 Å². The number of rotatable bonds is 5. The summed E-state index contributed by atoms with van der Waals surface area (Å²) in [5.41, 5.74) is 1.46. The van der Waals surface area contributed by atoms with E-state index in [0.29, 0.717) is 12.1 Å². The fraction of sp³-hybridized carbons (Fsp3) is 0.647. The number of piperazine rings is 1. The second-order valence-corrected chi connectivity index (χ2v) is 6.06. The van der Waals surface area contributed by atoms with Gasteiger partial charge in [0.1, 0.15) is 0 Å². The maximum atomic E-state index is 3.69. The van der Waals surface area contributed by atoms with Gasteiger partial charge < -0.3 is 5.32 Å². The summed E-state index contributed by atoms with van der Waals surface area (Å²) >= 11 is 0. The standard InChI is InChI=1S/C17H28N2/c1-4-16-13-19(17(12-18-16)14(2)3)11-10-15-8-6-5-7-9-15/h5-9,14,16-18H,4,10-13H2,1-3H3. The maximum Gasteiger partial charge on any atom is 0.0244 e. The lowest BCUT2D eigenvalue weighted by molar-refractivity contribution is 0.0985. The van der Waals surface area contributed by atoms with Crippen molar-refractivity contribution in [3.8, 4) is 0 Å². The highest BCUT2D eigenvalue weighted by Crippen LogP contribution is 2.17. The van der Waals surface area contributed by atoms with E-state index in [1.807, 2.05) is 0 Å². The Kier molecular flexibility index (Phi) is 5.41. The van der Waals surface area contributed by atoms with Gasteiger partial charge in [-0.05, 0) is 24.3 Å². The van der Waals surface area contributed by atoms with Gasteiger partial charge in [-0.15, -0.1) is 0 Å². The van der Waals surface area contributed by atoms with Crippen molar-refractivity contribution in [1.29, 1.82) is 0 Å². The Hall–Kier alpha value is -0.860. The average molecular weight is 260 g/mol. The molecule has 106 valence electrons. The Bertz CT molecular complexity index is 361. The Morgan fingerprint density at radius 2 is 2.00 bits per heavy atom. The second-order valence-electron chi connectivity index (χ2n) is 6.06. The van der Waals surface area contributed by atoms with Crippen molar-refractivity contribution in [2.24, 2.45) is 5.92 Å². The van der Waals surface area contributed by atoms with Crippen molar-refractivity contribution in [3.63, 3.8) is 0 Å². The first-order valence-electron chi connectivity index (χ1n) is 7.72. The van der Waals surface area contributed by atoms with Gasteiger partial charge in [0.05, 0.1) is 0 Å². The molecule has 0 spiro atoms. The number of hydrogen-bond donors (Lipinski definition) is 1. The molecule has 0 radical (unpaired) electrons. The van der Waals surface area contributed by atoms with Crippen molar-refractivity contribution in [2.45, 2.75) is 45.7 Å². The first kappa shape index (κ1) is 14.5. The fourth-order valence-electron chi connectivity index (χ4n) is 3.00. The molecule has 1 N–H and O–H groups in total. The van der Waals surface area contributed by atoms with Crippen molar-refractivity contribution in [2.75, 3.05) is 19.6 Å². The molecular weight excluding hydrogens is 232 g/mol. The highest BCUT2D eigenvalue weighted by molar-refractivity contribution is 5.15. The van der Waals surface area contributed by atoms with E-state index in [2.05, 4.69) is 61.3 Å². The zero-order valence-corrected chi connectivity index (χ0v) is 12.6. The Morgan fingerprint density at radius 3 is 2.63 bits per heavy atom. The topological polar surface area (TPSA) is 15.3 Å². The number of benzene rings is 1. The molecule has 0 bridgehead atoms. The molecule has 19 heavy (non-hydrogen) atoms. The van der Waals surface area contributed by atoms with E-state index < -0.39 is 0 Å². The van der Waals surface area contributed by atoms with Crippen LogP contribution in [-0.4, -0.2) is 36.6 Å². The summed E-state index contributed by atoms with van der Waals surface area (Å²) in [7, 11) is 0. The molecule has 2 heteroatoms. The van der Waals surface area contributed by atoms with Crippen LogP contribution in [0.3, 0.4) is 0 Å². The molecule has 1 fully saturated rings. The van der Waals surface area contributed by atoms with E-state index in [9.17, 15) is 0 Å². The lowest BCUT2D eigenvalue weighted by Gasteiger charge is -2.42. The molecule has 1 aromatic rings. The summed E-state index contributed by atoms with van der Waals surface area (Å²) in [6, 6.07) is 12.2. The highest BCUT2D eigenvalue weighted by Gasteiger charge is 2.28. The molecule has 1 aliphatic heterocycles. The van der Waals surface area contributed by atoms with Gasteiger partial charge in [-0.3, -0.25) is 4.90 Å². The summed E-state index contributed by atoms with van der Waals surface area (Å²) in [6.07, 6.45) is 2.40. The summed E-state index contributed by atoms with van der Waals surface area (Å²) in [5, 5.41) is 3.69. The molecule has 2 atom stereocenters. The van der Waals surface area contributed by atoms with Crippen LogP contribution in [0.1, 0.15) is 32.8 Å². The van der Waals surface area contributed by atoms with Crippen LogP contribution < -0.4 is 5.32 Å². The van der Waals surface area contributed by atoms with E-state index in [-0.39, 0.29) is 0 Å². The van der Waals surface area contributed by atoms with Crippen LogP contribution in [0.5, 0.6) is 0 Å². The molecule has 1 saturated heterocycles. The average Bonchev–Trinajstić information content (AvgIpc) is 2.45. The first-order chi connectivity index (χ1) is 9.20. The van der Waals surface area contributed by atoms with Gasteiger partial charge in [-0.25, -0.2) is 0 Å². The molecule has 0 amide bonds. The highest BCUT2D eigenvalue weighted by atomic mass is 15.2. The lowest BCUT2D eigenvalue weighted by Crippen LogP contribution is -2.58. The largest absolute Gasteiger partial charge is 0.311 e. The molecule has 0 aliphatic carbocycles. The second kappa shape index (κ2) is 7.06. The summed E-state index contributed by atoms with van der Waals surface area (Å²) < 4.78 is 0. The minimum absolute atomic E-state index is 0.672. The van der Waals surface area contributed by atoms with Gasteiger partial charge in [-0.1, -0.05) is 51.1 Å². The molecule has 2 rings (SSSR count). The first-order valence-corrected chi connectivity index (χ1v) is 7.72. The Labute approximate surface area is 118 Å². The Morgan fingerprint density at radius 1 is 1.26 bits per heavy atom. The predicted molar refractivity (Wildman–Crippen MR) is 82.4 cm³/mol. The van der Waals surface area contributed by atoms with E-state index >= 15 is 0 Å². The third kappa shape index (κ3) is 4.05. The number of nitrogens with one attached hydrogen (secondary N) is 1. The van der Waals surface area contributed by atoms with Crippen LogP contribution >= 0.6 is 0 Å². The summed E-state index contributed by atoms with van der Waals surface area (Å²) in [5.74, 6) is 0.723. The molecular formula is C17H28N2. The summed E-state index contributed by atoms with van der Waals surface area (Å²) in [4.78, 5) is 2.70. The minimum atomic E-state index is 0.672. The van der Waals surface area contributed by atoms with Crippen LogP contribution in [0.4, 0.5) is 0 Å². The fourth-order valence-corrected chi connectivity index (χ4v) is 3.00. The third-order valence-electron chi connectivity index (χ3n) is 4.33. The van der Waals surface area contributed by atoms with Gasteiger partial charge in [0.2, 0.25) is 0 Å².